The summed E-state index contributed by atoms with van der Waals surface area (Å²) in [6.45, 7) is 1.97. The largest absolute Gasteiger partial charge is 0.481 e. The van der Waals surface area contributed by atoms with Gasteiger partial charge in [0.1, 0.15) is 0 Å². The Bertz CT molecular complexity index is 637. The number of rotatable bonds is 5. The summed E-state index contributed by atoms with van der Waals surface area (Å²) in [5.74, 6) is -1.97. The van der Waals surface area contributed by atoms with E-state index >= 15 is 0 Å². The number of carboxylic acid groups (broad SMARTS) is 1. The van der Waals surface area contributed by atoms with Crippen LogP contribution in [0.2, 0.25) is 0 Å². The van der Waals surface area contributed by atoms with Gasteiger partial charge in [-0.3, -0.25) is 9.59 Å². The molecule has 1 amide bonds. The lowest BCUT2D eigenvalue weighted by Gasteiger charge is -2.14. The Morgan fingerprint density at radius 3 is 2.43 bits per heavy atom. The second kappa shape index (κ2) is 6.70. The Hall–Kier alpha value is -2.62. The zero-order valence-corrected chi connectivity index (χ0v) is 11.7. The van der Waals surface area contributed by atoms with Crippen molar-refractivity contribution in [3.8, 4) is 0 Å². The molecule has 0 spiro atoms. The molecule has 0 fully saturated rings. The molecule has 0 aliphatic rings. The maximum Gasteiger partial charge on any atom is 0.312 e. The average Bonchev–Trinajstić information content (AvgIpc) is 2.48. The number of nitrogens with one attached hydrogen (secondary N) is 1. The Labute approximate surface area is 123 Å². The van der Waals surface area contributed by atoms with Gasteiger partial charge in [-0.15, -0.1) is 0 Å². The number of carbonyl (C=O) groups is 2. The first kappa shape index (κ1) is 14.8. The fourth-order valence-electron chi connectivity index (χ4n) is 2.12. The van der Waals surface area contributed by atoms with Crippen LogP contribution < -0.4 is 5.32 Å². The van der Waals surface area contributed by atoms with Gasteiger partial charge in [0.2, 0.25) is 0 Å². The number of hydrogen-bond acceptors (Lipinski definition) is 2. The second-order valence-electron chi connectivity index (χ2n) is 4.88. The molecule has 21 heavy (non-hydrogen) atoms. The minimum absolute atomic E-state index is 0.0616. The number of carboxylic acids is 1. The van der Waals surface area contributed by atoms with Crippen LogP contribution in [0.15, 0.2) is 54.6 Å². The van der Waals surface area contributed by atoms with Crippen LogP contribution in [0, 0.1) is 6.92 Å². The molecule has 0 aliphatic heterocycles. The normalized spacial score (nSPS) is 11.7. The average molecular weight is 283 g/mol. The summed E-state index contributed by atoms with van der Waals surface area (Å²) in [7, 11) is 0. The Morgan fingerprint density at radius 2 is 1.81 bits per heavy atom. The van der Waals surface area contributed by atoms with Crippen molar-refractivity contribution in [2.45, 2.75) is 12.8 Å². The van der Waals surface area contributed by atoms with Crippen LogP contribution >= 0.6 is 0 Å². The Kier molecular flexibility index (Phi) is 4.72. The number of carbonyl (C=O) groups excluding carboxylic acids is 1. The fraction of sp³-hybridized carbons (Fsp3) is 0.176. The van der Waals surface area contributed by atoms with E-state index in [-0.39, 0.29) is 12.5 Å². The zero-order chi connectivity index (χ0) is 15.2. The van der Waals surface area contributed by atoms with Gasteiger partial charge >= 0.3 is 5.97 Å². The van der Waals surface area contributed by atoms with Gasteiger partial charge in [-0.2, -0.15) is 0 Å². The summed E-state index contributed by atoms with van der Waals surface area (Å²) >= 11 is 0. The first-order chi connectivity index (χ1) is 10.1. The van der Waals surface area contributed by atoms with E-state index in [2.05, 4.69) is 5.32 Å². The smallest absolute Gasteiger partial charge is 0.312 e. The number of aryl methyl sites for hydroxylation is 1. The molecule has 2 rings (SSSR count). The van der Waals surface area contributed by atoms with Crippen LogP contribution in [0.3, 0.4) is 0 Å². The highest BCUT2D eigenvalue weighted by molar-refractivity contribution is 5.94. The van der Waals surface area contributed by atoms with Crippen molar-refractivity contribution < 1.29 is 14.7 Å². The predicted molar refractivity (Wildman–Crippen MR) is 80.3 cm³/mol. The lowest BCUT2D eigenvalue weighted by Crippen LogP contribution is -2.31. The van der Waals surface area contributed by atoms with Crippen LogP contribution in [0.25, 0.3) is 0 Å². The lowest BCUT2D eigenvalue weighted by atomic mass is 9.99. The van der Waals surface area contributed by atoms with Gasteiger partial charge in [-0.25, -0.2) is 0 Å². The third kappa shape index (κ3) is 3.92. The van der Waals surface area contributed by atoms with E-state index in [1.54, 1.807) is 42.5 Å². The maximum absolute atomic E-state index is 12.1. The molecule has 0 aliphatic carbocycles. The van der Waals surface area contributed by atoms with E-state index in [0.29, 0.717) is 11.1 Å². The van der Waals surface area contributed by atoms with Gasteiger partial charge in [0.25, 0.3) is 5.91 Å². The predicted octanol–water partition coefficient (Wildman–Crippen LogP) is 2.59. The van der Waals surface area contributed by atoms with Crippen LogP contribution in [-0.2, 0) is 4.79 Å². The maximum atomic E-state index is 12.1. The van der Waals surface area contributed by atoms with E-state index < -0.39 is 11.9 Å². The summed E-state index contributed by atoms with van der Waals surface area (Å²) in [5.41, 5.74) is 2.20. The molecule has 2 N–H and O–H groups in total. The molecule has 2 aromatic carbocycles. The second-order valence-corrected chi connectivity index (χ2v) is 4.88. The molecule has 4 heteroatoms. The van der Waals surface area contributed by atoms with Gasteiger partial charge in [0, 0.05) is 12.1 Å². The molecule has 1 unspecified atom stereocenters. The van der Waals surface area contributed by atoms with Crippen LogP contribution in [0.5, 0.6) is 0 Å². The highest BCUT2D eigenvalue weighted by Gasteiger charge is 2.20. The molecule has 0 radical (unpaired) electrons. The zero-order valence-electron chi connectivity index (χ0n) is 11.7. The lowest BCUT2D eigenvalue weighted by molar-refractivity contribution is -0.138. The number of amides is 1. The highest BCUT2D eigenvalue weighted by Crippen LogP contribution is 2.15. The minimum Gasteiger partial charge on any atom is -0.481 e. The van der Waals surface area contributed by atoms with Gasteiger partial charge in [-0.05, 0) is 24.6 Å². The van der Waals surface area contributed by atoms with Gasteiger partial charge in [-0.1, -0.05) is 48.0 Å². The van der Waals surface area contributed by atoms with Crippen molar-refractivity contribution in [2.75, 3.05) is 6.54 Å². The summed E-state index contributed by atoms with van der Waals surface area (Å²) in [6.07, 6.45) is 0. The standard InChI is InChI=1S/C17H17NO3/c1-12-6-5-9-14(10-12)16(19)18-11-15(17(20)21)13-7-3-2-4-8-13/h2-10,15H,11H2,1H3,(H,18,19)(H,20,21). The molecular formula is C17H17NO3. The highest BCUT2D eigenvalue weighted by atomic mass is 16.4. The van der Waals surface area contributed by atoms with Crippen LogP contribution in [0.1, 0.15) is 27.4 Å². The van der Waals surface area contributed by atoms with E-state index in [0.717, 1.165) is 5.56 Å². The molecule has 0 aromatic heterocycles. The van der Waals surface area contributed by atoms with E-state index in [1.807, 2.05) is 19.1 Å². The van der Waals surface area contributed by atoms with E-state index in [9.17, 15) is 14.7 Å². The molecule has 2 aromatic rings. The Morgan fingerprint density at radius 1 is 1.10 bits per heavy atom. The summed E-state index contributed by atoms with van der Waals surface area (Å²) in [5, 5.41) is 12.0. The molecule has 0 saturated carbocycles. The number of hydrogen-bond donors (Lipinski definition) is 2. The third-order valence-corrected chi connectivity index (χ3v) is 3.25. The third-order valence-electron chi connectivity index (χ3n) is 3.25. The number of aliphatic carboxylic acids is 1. The quantitative estimate of drug-likeness (QED) is 0.886. The summed E-state index contributed by atoms with van der Waals surface area (Å²) in [4.78, 5) is 23.4. The SMILES string of the molecule is Cc1cccc(C(=O)NCC(C(=O)O)c2ccccc2)c1. The molecule has 0 bridgehead atoms. The topological polar surface area (TPSA) is 66.4 Å². The fourth-order valence-corrected chi connectivity index (χ4v) is 2.12. The van der Waals surface area contributed by atoms with E-state index in [1.165, 1.54) is 0 Å². The van der Waals surface area contributed by atoms with Gasteiger partial charge in [0.05, 0.1) is 5.92 Å². The van der Waals surface area contributed by atoms with Crippen molar-refractivity contribution in [3.05, 3.63) is 71.3 Å². The molecule has 4 nitrogen and oxygen atoms in total. The van der Waals surface area contributed by atoms with Crippen LogP contribution in [-0.4, -0.2) is 23.5 Å². The molecule has 1 atom stereocenters. The van der Waals surface area contributed by atoms with Crippen molar-refractivity contribution in [2.24, 2.45) is 0 Å². The van der Waals surface area contributed by atoms with Crippen molar-refractivity contribution in [3.63, 3.8) is 0 Å². The molecule has 108 valence electrons. The van der Waals surface area contributed by atoms with Crippen molar-refractivity contribution in [1.29, 1.82) is 0 Å². The molecular weight excluding hydrogens is 266 g/mol. The summed E-state index contributed by atoms with van der Waals surface area (Å²) in [6, 6.07) is 16.1. The first-order valence-electron chi connectivity index (χ1n) is 6.70. The minimum atomic E-state index is -0.953. The number of benzene rings is 2. The van der Waals surface area contributed by atoms with Crippen molar-refractivity contribution >= 4 is 11.9 Å². The molecule has 0 saturated heterocycles. The first-order valence-corrected chi connectivity index (χ1v) is 6.70. The van der Waals surface area contributed by atoms with Gasteiger partial charge in [0.15, 0.2) is 0 Å². The Balaban J connectivity index is 2.06. The van der Waals surface area contributed by atoms with Crippen molar-refractivity contribution in [1.82, 2.24) is 5.32 Å². The summed E-state index contributed by atoms with van der Waals surface area (Å²) < 4.78 is 0. The monoisotopic (exact) mass is 283 g/mol. The molecule has 0 heterocycles. The van der Waals surface area contributed by atoms with Gasteiger partial charge < -0.3 is 10.4 Å². The van der Waals surface area contributed by atoms with Crippen LogP contribution in [0.4, 0.5) is 0 Å². The van der Waals surface area contributed by atoms with E-state index in [4.69, 9.17) is 0 Å².